The molecule has 10 nitrogen and oxygen atoms in total. The molecule has 1 rings (SSSR count). The van der Waals surface area contributed by atoms with E-state index in [0.717, 1.165) is 5.56 Å². The van der Waals surface area contributed by atoms with Crippen molar-refractivity contribution in [2.45, 2.75) is 59.3 Å². The minimum Gasteiger partial charge on any atom is -0.444 e. The summed E-state index contributed by atoms with van der Waals surface area (Å²) in [6.45, 7) is 10.2. The average Bonchev–Trinajstić information content (AvgIpc) is 2.61. The van der Waals surface area contributed by atoms with Gasteiger partial charge in [0.2, 0.25) is 11.8 Å². The third kappa shape index (κ3) is 12.8. The molecule has 0 bridgehead atoms. The number of ether oxygens (including phenoxy) is 2. The maximum Gasteiger partial charge on any atom is 0.408 e. The van der Waals surface area contributed by atoms with E-state index >= 15 is 0 Å². The Balaban J connectivity index is 2.35. The second kappa shape index (κ2) is 11.2. The Morgan fingerprint density at radius 2 is 1.16 bits per heavy atom. The van der Waals surface area contributed by atoms with Gasteiger partial charge in [-0.15, -0.1) is 0 Å². The van der Waals surface area contributed by atoms with Gasteiger partial charge in [0, 0.05) is 12.2 Å². The maximum absolute atomic E-state index is 11.9. The van der Waals surface area contributed by atoms with Crippen LogP contribution in [-0.4, -0.2) is 48.3 Å². The van der Waals surface area contributed by atoms with Gasteiger partial charge in [0.05, 0.1) is 0 Å². The fourth-order valence-electron chi connectivity index (χ4n) is 2.11. The summed E-state index contributed by atoms with van der Waals surface area (Å²) in [5, 5.41) is 10.1. The first-order chi connectivity index (χ1) is 14.2. The van der Waals surface area contributed by atoms with Crippen molar-refractivity contribution in [3.63, 3.8) is 0 Å². The number of hydrogen-bond acceptors (Lipinski definition) is 6. The summed E-state index contributed by atoms with van der Waals surface area (Å²) in [5.74, 6) is -0.767. The van der Waals surface area contributed by atoms with Crippen LogP contribution in [0.1, 0.15) is 47.1 Å². The van der Waals surface area contributed by atoms with Crippen molar-refractivity contribution < 1.29 is 28.7 Å². The molecule has 0 heterocycles. The van der Waals surface area contributed by atoms with Crippen molar-refractivity contribution in [2.75, 3.05) is 18.4 Å². The van der Waals surface area contributed by atoms with E-state index in [9.17, 15) is 19.2 Å². The van der Waals surface area contributed by atoms with Crippen LogP contribution in [0.2, 0.25) is 0 Å². The van der Waals surface area contributed by atoms with E-state index in [1.54, 1.807) is 65.8 Å². The minimum absolute atomic E-state index is 0.201. The molecule has 4 amide bonds. The molecule has 4 N–H and O–H groups in total. The molecule has 0 radical (unpaired) electrons. The lowest BCUT2D eigenvalue weighted by atomic mass is 10.2. The predicted molar refractivity (Wildman–Crippen MR) is 115 cm³/mol. The molecule has 0 atom stereocenters. The molecule has 0 unspecified atom stereocenters. The van der Waals surface area contributed by atoms with E-state index in [1.165, 1.54) is 0 Å². The molecule has 0 fully saturated rings. The average molecular weight is 437 g/mol. The molecule has 1 aromatic carbocycles. The lowest BCUT2D eigenvalue weighted by Gasteiger charge is -2.19. The lowest BCUT2D eigenvalue weighted by Crippen LogP contribution is -2.39. The quantitative estimate of drug-likeness (QED) is 0.518. The second-order valence-electron chi connectivity index (χ2n) is 8.73. The number of alkyl carbamates (subject to hydrolysis) is 2. The molecule has 10 heteroatoms. The predicted octanol–water partition coefficient (Wildman–Crippen LogP) is 2.29. The monoisotopic (exact) mass is 436 g/mol. The van der Waals surface area contributed by atoms with E-state index < -0.39 is 29.3 Å². The first-order valence-corrected chi connectivity index (χ1v) is 9.83. The number of hydrogen-bond donors (Lipinski definition) is 4. The van der Waals surface area contributed by atoms with Crippen LogP contribution < -0.4 is 21.3 Å². The number of rotatable bonds is 7. The fourth-order valence-corrected chi connectivity index (χ4v) is 2.11. The summed E-state index contributed by atoms with van der Waals surface area (Å²) in [4.78, 5) is 46.8. The molecule has 0 saturated carbocycles. The number of amides is 4. The fraction of sp³-hybridized carbons (Fsp3) is 0.524. The highest BCUT2D eigenvalue weighted by molar-refractivity contribution is 5.93. The molecular formula is C21H32N4O6. The van der Waals surface area contributed by atoms with E-state index in [1.807, 2.05) is 0 Å². The lowest BCUT2D eigenvalue weighted by molar-refractivity contribution is -0.120. The van der Waals surface area contributed by atoms with E-state index in [0.29, 0.717) is 5.69 Å². The van der Waals surface area contributed by atoms with Gasteiger partial charge in [-0.25, -0.2) is 9.59 Å². The van der Waals surface area contributed by atoms with Crippen LogP contribution in [0.15, 0.2) is 24.3 Å². The molecule has 0 spiro atoms. The summed E-state index contributed by atoms with van der Waals surface area (Å²) in [6, 6.07) is 6.81. The number of nitrogens with one attached hydrogen (secondary N) is 4. The second-order valence-corrected chi connectivity index (χ2v) is 8.73. The van der Waals surface area contributed by atoms with Crippen LogP contribution in [0.25, 0.3) is 0 Å². The molecule has 0 saturated heterocycles. The van der Waals surface area contributed by atoms with Crippen molar-refractivity contribution in [3.05, 3.63) is 29.8 Å². The van der Waals surface area contributed by atoms with Crippen LogP contribution in [-0.2, 0) is 25.6 Å². The third-order valence-corrected chi connectivity index (χ3v) is 3.31. The Morgan fingerprint density at radius 3 is 1.61 bits per heavy atom. The highest BCUT2D eigenvalue weighted by Gasteiger charge is 2.17. The molecule has 1 aromatic rings. The number of benzene rings is 1. The Labute approximate surface area is 182 Å². The smallest absolute Gasteiger partial charge is 0.408 e. The molecule has 0 aliphatic heterocycles. The molecule has 0 aromatic heterocycles. The molecule has 0 aliphatic carbocycles. The van der Waals surface area contributed by atoms with Gasteiger partial charge in [-0.1, -0.05) is 12.1 Å². The van der Waals surface area contributed by atoms with Gasteiger partial charge in [-0.2, -0.15) is 0 Å². The maximum atomic E-state index is 11.9. The third-order valence-electron chi connectivity index (χ3n) is 3.31. The van der Waals surface area contributed by atoms with E-state index in [2.05, 4.69) is 21.3 Å². The molecule has 0 aliphatic rings. The molecule has 172 valence electrons. The zero-order chi connectivity index (χ0) is 23.7. The van der Waals surface area contributed by atoms with Crippen LogP contribution in [0.4, 0.5) is 15.3 Å². The van der Waals surface area contributed by atoms with Gasteiger partial charge in [0.15, 0.2) is 0 Å². The minimum atomic E-state index is -0.671. The van der Waals surface area contributed by atoms with Gasteiger partial charge < -0.3 is 30.7 Å². The Bertz CT molecular complexity index is 779. The first kappa shape index (κ1) is 25.7. The van der Waals surface area contributed by atoms with E-state index in [-0.39, 0.29) is 25.5 Å². The summed E-state index contributed by atoms with van der Waals surface area (Å²) in [5.41, 5.74) is 0.0642. The van der Waals surface area contributed by atoms with Gasteiger partial charge in [-0.05, 0) is 59.2 Å². The van der Waals surface area contributed by atoms with Crippen LogP contribution >= 0.6 is 0 Å². The van der Waals surface area contributed by atoms with Crippen molar-refractivity contribution in [2.24, 2.45) is 0 Å². The Hall–Kier alpha value is -3.30. The zero-order valence-corrected chi connectivity index (χ0v) is 18.9. The summed E-state index contributed by atoms with van der Waals surface area (Å²) in [6.07, 6.45) is -1.33. The van der Waals surface area contributed by atoms with Crippen molar-refractivity contribution in [3.8, 4) is 0 Å². The summed E-state index contributed by atoms with van der Waals surface area (Å²) >= 11 is 0. The number of carbonyl (C=O) groups excluding carboxylic acids is 4. The zero-order valence-electron chi connectivity index (χ0n) is 18.9. The first-order valence-electron chi connectivity index (χ1n) is 9.83. The normalized spacial score (nSPS) is 11.2. The van der Waals surface area contributed by atoms with Crippen LogP contribution in [0, 0.1) is 0 Å². The van der Waals surface area contributed by atoms with Crippen molar-refractivity contribution in [1.82, 2.24) is 16.0 Å². The highest BCUT2D eigenvalue weighted by atomic mass is 16.6. The number of carbonyl (C=O) groups is 4. The standard InChI is InChI=1S/C21H32N4O6/c1-20(2,3)30-18(28)23-12-16(26)22-11-14-7-9-15(10-8-14)25-17(27)13-24-19(29)31-21(4,5)6/h7-10H,11-13H2,1-6H3,(H,22,26)(H,23,28)(H,24,29)(H,25,27). The summed E-state index contributed by atoms with van der Waals surface area (Å²) in [7, 11) is 0. The molecular weight excluding hydrogens is 404 g/mol. The number of anilines is 1. The van der Waals surface area contributed by atoms with Crippen LogP contribution in [0.5, 0.6) is 0 Å². The largest absolute Gasteiger partial charge is 0.444 e. The van der Waals surface area contributed by atoms with Gasteiger partial charge >= 0.3 is 12.2 Å². The Morgan fingerprint density at radius 1 is 0.710 bits per heavy atom. The topological polar surface area (TPSA) is 135 Å². The van der Waals surface area contributed by atoms with Gasteiger partial charge in [-0.3, -0.25) is 9.59 Å². The SMILES string of the molecule is CC(C)(C)OC(=O)NCC(=O)NCc1ccc(NC(=O)CNC(=O)OC(C)(C)C)cc1. The van der Waals surface area contributed by atoms with Gasteiger partial charge in [0.1, 0.15) is 24.3 Å². The van der Waals surface area contributed by atoms with E-state index in [4.69, 9.17) is 9.47 Å². The van der Waals surface area contributed by atoms with Crippen LogP contribution in [0.3, 0.4) is 0 Å². The highest BCUT2D eigenvalue weighted by Crippen LogP contribution is 2.10. The van der Waals surface area contributed by atoms with Crippen molar-refractivity contribution >= 4 is 29.7 Å². The molecule has 31 heavy (non-hydrogen) atoms. The Kier molecular flexibility index (Phi) is 9.29. The van der Waals surface area contributed by atoms with Gasteiger partial charge in [0.25, 0.3) is 0 Å². The summed E-state index contributed by atoms with van der Waals surface area (Å²) < 4.78 is 10.1. The van der Waals surface area contributed by atoms with Crippen molar-refractivity contribution in [1.29, 1.82) is 0 Å².